The van der Waals surface area contributed by atoms with Crippen molar-refractivity contribution in [2.75, 3.05) is 13.2 Å². The van der Waals surface area contributed by atoms with E-state index in [4.69, 9.17) is 4.74 Å². The van der Waals surface area contributed by atoms with Gasteiger partial charge in [0.1, 0.15) is 0 Å². The molecule has 2 nitrogen and oxygen atoms in total. The highest BCUT2D eigenvalue weighted by Gasteiger charge is 2.41. The average molecular weight is 275 g/mol. The summed E-state index contributed by atoms with van der Waals surface area (Å²) in [5.41, 5.74) is 1.46. The Labute approximate surface area is 123 Å². The van der Waals surface area contributed by atoms with E-state index in [2.05, 4.69) is 49.5 Å². The predicted molar refractivity (Wildman–Crippen MR) is 85.1 cm³/mol. The highest BCUT2D eigenvalue weighted by Crippen LogP contribution is 2.37. The van der Waals surface area contributed by atoms with Gasteiger partial charge in [0.25, 0.3) is 0 Å². The minimum Gasteiger partial charge on any atom is -0.374 e. The third-order valence-electron chi connectivity index (χ3n) is 4.44. The van der Waals surface area contributed by atoms with Gasteiger partial charge in [0.05, 0.1) is 5.60 Å². The summed E-state index contributed by atoms with van der Waals surface area (Å²) in [7, 11) is 0. The zero-order chi connectivity index (χ0) is 14.3. The van der Waals surface area contributed by atoms with Crippen LogP contribution in [0.3, 0.4) is 0 Å². The maximum absolute atomic E-state index is 6.26. The van der Waals surface area contributed by atoms with Crippen LogP contribution in [0.1, 0.15) is 51.5 Å². The van der Waals surface area contributed by atoms with Crippen LogP contribution < -0.4 is 5.32 Å². The lowest BCUT2D eigenvalue weighted by atomic mass is 9.87. The van der Waals surface area contributed by atoms with Crippen LogP contribution in [-0.2, 0) is 11.2 Å². The average Bonchev–Trinajstić information content (AvgIpc) is 2.94. The van der Waals surface area contributed by atoms with E-state index in [-0.39, 0.29) is 5.60 Å². The summed E-state index contributed by atoms with van der Waals surface area (Å²) in [6.45, 7) is 6.25. The molecular weight excluding hydrogens is 246 g/mol. The molecule has 0 heterocycles. The molecule has 0 bridgehead atoms. The fourth-order valence-corrected chi connectivity index (χ4v) is 3.47. The molecule has 0 spiro atoms. The molecule has 1 atom stereocenters. The quantitative estimate of drug-likeness (QED) is 0.775. The Morgan fingerprint density at radius 3 is 2.45 bits per heavy atom. The summed E-state index contributed by atoms with van der Waals surface area (Å²) in [6, 6.07) is 11.3. The van der Waals surface area contributed by atoms with E-state index in [0.29, 0.717) is 6.04 Å². The molecule has 1 aromatic rings. The van der Waals surface area contributed by atoms with Crippen LogP contribution in [0.15, 0.2) is 30.3 Å². The lowest BCUT2D eigenvalue weighted by Crippen LogP contribution is -2.52. The summed E-state index contributed by atoms with van der Waals surface area (Å²) in [4.78, 5) is 0. The Morgan fingerprint density at radius 2 is 1.85 bits per heavy atom. The molecule has 1 N–H and O–H groups in total. The van der Waals surface area contributed by atoms with Gasteiger partial charge in [-0.15, -0.1) is 0 Å². The van der Waals surface area contributed by atoms with Gasteiger partial charge in [-0.25, -0.2) is 0 Å². The Bertz CT molecular complexity index is 370. The first-order valence-electron chi connectivity index (χ1n) is 8.22. The summed E-state index contributed by atoms with van der Waals surface area (Å²) >= 11 is 0. The van der Waals surface area contributed by atoms with E-state index >= 15 is 0 Å². The number of ether oxygens (including phenoxy) is 1. The van der Waals surface area contributed by atoms with Crippen LogP contribution in [0.4, 0.5) is 0 Å². The third-order valence-corrected chi connectivity index (χ3v) is 4.44. The van der Waals surface area contributed by atoms with Gasteiger partial charge < -0.3 is 10.1 Å². The van der Waals surface area contributed by atoms with Crippen molar-refractivity contribution in [3.05, 3.63) is 35.9 Å². The first kappa shape index (κ1) is 15.5. The second-order valence-electron chi connectivity index (χ2n) is 5.90. The minimum absolute atomic E-state index is 0.0553. The van der Waals surface area contributed by atoms with E-state index < -0.39 is 0 Å². The van der Waals surface area contributed by atoms with E-state index in [9.17, 15) is 0 Å². The van der Waals surface area contributed by atoms with Crippen molar-refractivity contribution < 1.29 is 4.74 Å². The van der Waals surface area contributed by atoms with Crippen LogP contribution in [0.25, 0.3) is 0 Å². The number of hydrogen-bond acceptors (Lipinski definition) is 2. The van der Waals surface area contributed by atoms with E-state index in [1.165, 1.54) is 37.7 Å². The van der Waals surface area contributed by atoms with Gasteiger partial charge in [-0.05, 0) is 44.7 Å². The van der Waals surface area contributed by atoms with Gasteiger partial charge in [-0.1, -0.05) is 50.1 Å². The van der Waals surface area contributed by atoms with Crippen molar-refractivity contribution in [2.24, 2.45) is 0 Å². The van der Waals surface area contributed by atoms with E-state index in [0.717, 1.165) is 19.6 Å². The molecule has 1 aliphatic carbocycles. The highest BCUT2D eigenvalue weighted by molar-refractivity contribution is 5.17. The monoisotopic (exact) mass is 275 g/mol. The fourth-order valence-electron chi connectivity index (χ4n) is 3.47. The van der Waals surface area contributed by atoms with Gasteiger partial charge in [0.15, 0.2) is 0 Å². The Balaban J connectivity index is 2.12. The van der Waals surface area contributed by atoms with E-state index in [1.54, 1.807) is 0 Å². The molecule has 1 unspecified atom stereocenters. The molecule has 2 rings (SSSR count). The maximum atomic E-state index is 6.26. The minimum atomic E-state index is 0.0553. The SMILES string of the molecule is CCCNC(Cc1ccccc1)C1(OCC)CCCC1. The van der Waals surface area contributed by atoms with Crippen LogP contribution in [0.5, 0.6) is 0 Å². The fraction of sp³-hybridized carbons (Fsp3) is 0.667. The van der Waals surface area contributed by atoms with Crippen molar-refractivity contribution in [1.82, 2.24) is 5.32 Å². The standard InChI is InChI=1S/C18H29NO/c1-3-14-19-17(15-16-10-6-5-7-11-16)18(20-4-2)12-8-9-13-18/h5-7,10-11,17,19H,3-4,8-9,12-15H2,1-2H3. The maximum Gasteiger partial charge on any atom is 0.0837 e. The zero-order valence-corrected chi connectivity index (χ0v) is 13.0. The lowest BCUT2D eigenvalue weighted by molar-refractivity contribution is -0.0612. The van der Waals surface area contributed by atoms with Gasteiger partial charge in [-0.2, -0.15) is 0 Å². The van der Waals surface area contributed by atoms with Crippen LogP contribution in [0, 0.1) is 0 Å². The topological polar surface area (TPSA) is 21.3 Å². The van der Waals surface area contributed by atoms with Crippen molar-refractivity contribution in [1.29, 1.82) is 0 Å². The smallest absolute Gasteiger partial charge is 0.0837 e. The molecule has 0 radical (unpaired) electrons. The molecule has 1 saturated carbocycles. The molecule has 0 aromatic heterocycles. The van der Waals surface area contributed by atoms with Gasteiger partial charge in [-0.3, -0.25) is 0 Å². The van der Waals surface area contributed by atoms with Crippen LogP contribution >= 0.6 is 0 Å². The largest absolute Gasteiger partial charge is 0.374 e. The Kier molecular flexibility index (Phi) is 6.06. The second kappa shape index (κ2) is 7.80. The zero-order valence-electron chi connectivity index (χ0n) is 13.0. The normalized spacial score (nSPS) is 19.1. The molecule has 20 heavy (non-hydrogen) atoms. The molecule has 1 aliphatic rings. The van der Waals surface area contributed by atoms with Crippen LogP contribution in [0.2, 0.25) is 0 Å². The number of rotatable bonds is 8. The predicted octanol–water partition coefficient (Wildman–Crippen LogP) is 3.95. The Hall–Kier alpha value is -0.860. The first-order chi connectivity index (χ1) is 9.80. The van der Waals surface area contributed by atoms with Crippen LogP contribution in [-0.4, -0.2) is 24.8 Å². The summed E-state index contributed by atoms with van der Waals surface area (Å²) < 4.78 is 6.26. The van der Waals surface area contributed by atoms with Gasteiger partial charge in [0.2, 0.25) is 0 Å². The lowest BCUT2D eigenvalue weighted by Gasteiger charge is -2.38. The number of hydrogen-bond donors (Lipinski definition) is 1. The van der Waals surface area contributed by atoms with Crippen molar-refractivity contribution in [3.8, 4) is 0 Å². The van der Waals surface area contributed by atoms with Crippen molar-refractivity contribution in [2.45, 2.75) is 64.0 Å². The third kappa shape index (κ3) is 3.83. The Morgan fingerprint density at radius 1 is 1.15 bits per heavy atom. The summed E-state index contributed by atoms with van der Waals surface area (Å²) in [5.74, 6) is 0. The molecule has 0 saturated heterocycles. The number of nitrogens with one attached hydrogen (secondary N) is 1. The summed E-state index contributed by atoms with van der Waals surface area (Å²) in [5, 5.41) is 3.76. The molecule has 0 amide bonds. The number of benzene rings is 1. The molecular formula is C18H29NO. The molecule has 0 aliphatic heterocycles. The molecule has 1 fully saturated rings. The van der Waals surface area contributed by atoms with E-state index in [1.807, 2.05) is 0 Å². The van der Waals surface area contributed by atoms with Crippen molar-refractivity contribution in [3.63, 3.8) is 0 Å². The van der Waals surface area contributed by atoms with Gasteiger partial charge >= 0.3 is 0 Å². The highest BCUT2D eigenvalue weighted by atomic mass is 16.5. The molecule has 1 aromatic carbocycles. The van der Waals surface area contributed by atoms with Gasteiger partial charge in [0, 0.05) is 12.6 Å². The molecule has 2 heteroatoms. The molecule has 112 valence electrons. The summed E-state index contributed by atoms with van der Waals surface area (Å²) in [6.07, 6.45) is 7.26. The van der Waals surface area contributed by atoms with Crippen molar-refractivity contribution >= 4 is 0 Å². The first-order valence-corrected chi connectivity index (χ1v) is 8.22. The second-order valence-corrected chi connectivity index (χ2v) is 5.90.